The number of carbonyl (C=O) groups is 3. The van der Waals surface area contributed by atoms with Crippen molar-refractivity contribution in [2.24, 2.45) is 0 Å². The first-order valence-corrected chi connectivity index (χ1v) is 9.02. The van der Waals surface area contributed by atoms with Gasteiger partial charge in [-0.05, 0) is 45.0 Å². The largest absolute Gasteiger partial charge is 0.489 e. The molecule has 0 unspecified atom stereocenters. The molecule has 2 aromatic carbocycles. The van der Waals surface area contributed by atoms with Gasteiger partial charge in [0.2, 0.25) is 11.8 Å². The van der Waals surface area contributed by atoms with Gasteiger partial charge in [0.25, 0.3) is 0 Å². The van der Waals surface area contributed by atoms with E-state index in [-0.39, 0.29) is 18.3 Å². The number of hydrogen-bond acceptors (Lipinski definition) is 5. The monoisotopic (exact) mass is 384 g/mol. The van der Waals surface area contributed by atoms with Crippen molar-refractivity contribution < 1.29 is 23.9 Å². The SMILES string of the molecule is CCOC(=O)c1ccccc1NC(=O)CC(=O)Nc1ccccc1OC(C)C. The molecule has 0 aromatic heterocycles. The van der Waals surface area contributed by atoms with Gasteiger partial charge in [0.1, 0.15) is 12.2 Å². The van der Waals surface area contributed by atoms with Crippen LogP contribution in [0.3, 0.4) is 0 Å². The van der Waals surface area contributed by atoms with Gasteiger partial charge >= 0.3 is 5.97 Å². The predicted molar refractivity (Wildman–Crippen MR) is 106 cm³/mol. The highest BCUT2D eigenvalue weighted by Crippen LogP contribution is 2.25. The van der Waals surface area contributed by atoms with Gasteiger partial charge in [-0.3, -0.25) is 9.59 Å². The van der Waals surface area contributed by atoms with E-state index in [0.29, 0.717) is 17.1 Å². The van der Waals surface area contributed by atoms with E-state index in [1.807, 2.05) is 13.8 Å². The third-order valence-electron chi connectivity index (χ3n) is 3.54. The molecule has 0 saturated carbocycles. The summed E-state index contributed by atoms with van der Waals surface area (Å²) in [5, 5.41) is 5.26. The van der Waals surface area contributed by atoms with Gasteiger partial charge < -0.3 is 20.1 Å². The Balaban J connectivity index is 2.01. The van der Waals surface area contributed by atoms with Crippen molar-refractivity contribution in [3.63, 3.8) is 0 Å². The molecule has 0 aliphatic rings. The van der Waals surface area contributed by atoms with E-state index in [4.69, 9.17) is 9.47 Å². The van der Waals surface area contributed by atoms with Gasteiger partial charge in [-0.25, -0.2) is 4.79 Å². The van der Waals surface area contributed by atoms with Gasteiger partial charge in [-0.15, -0.1) is 0 Å². The molecule has 0 aliphatic carbocycles. The summed E-state index contributed by atoms with van der Waals surface area (Å²) < 4.78 is 10.6. The minimum atomic E-state index is -0.545. The standard InChI is InChI=1S/C21H24N2O5/c1-4-27-21(26)15-9-5-6-10-16(15)22-19(24)13-20(25)23-17-11-7-8-12-18(17)28-14(2)3/h5-12,14H,4,13H2,1-3H3,(H,22,24)(H,23,25). The summed E-state index contributed by atoms with van der Waals surface area (Å²) in [5.41, 5.74) is 1.01. The summed E-state index contributed by atoms with van der Waals surface area (Å²) in [6.07, 6.45) is -0.464. The Bertz CT molecular complexity index is 848. The maximum absolute atomic E-state index is 12.3. The second-order valence-electron chi connectivity index (χ2n) is 6.20. The molecular formula is C21H24N2O5. The van der Waals surface area contributed by atoms with Crippen LogP contribution in [0.5, 0.6) is 5.75 Å². The zero-order chi connectivity index (χ0) is 20.5. The Labute approximate surface area is 164 Å². The Morgan fingerprint density at radius 1 is 0.893 bits per heavy atom. The average Bonchev–Trinajstić information content (AvgIpc) is 2.63. The molecule has 0 bridgehead atoms. The zero-order valence-electron chi connectivity index (χ0n) is 16.2. The molecule has 0 radical (unpaired) electrons. The van der Waals surface area contributed by atoms with Crippen LogP contribution in [0, 0.1) is 0 Å². The molecule has 7 heteroatoms. The molecular weight excluding hydrogens is 360 g/mol. The first kappa shape index (κ1) is 21.0. The Hall–Kier alpha value is -3.35. The topological polar surface area (TPSA) is 93.7 Å². The number of carbonyl (C=O) groups excluding carboxylic acids is 3. The van der Waals surface area contributed by atoms with Crippen molar-refractivity contribution in [1.82, 2.24) is 0 Å². The molecule has 7 nitrogen and oxygen atoms in total. The number of amides is 2. The summed E-state index contributed by atoms with van der Waals surface area (Å²) in [5.74, 6) is -1.05. The summed E-state index contributed by atoms with van der Waals surface area (Å²) in [6.45, 7) is 5.69. The lowest BCUT2D eigenvalue weighted by Gasteiger charge is -2.15. The summed E-state index contributed by atoms with van der Waals surface area (Å²) >= 11 is 0. The number of nitrogens with one attached hydrogen (secondary N) is 2. The third-order valence-corrected chi connectivity index (χ3v) is 3.54. The molecule has 2 N–H and O–H groups in total. The molecule has 0 heterocycles. The van der Waals surface area contributed by atoms with Gasteiger partial charge in [-0.2, -0.15) is 0 Å². The maximum Gasteiger partial charge on any atom is 0.340 e. The molecule has 2 amide bonds. The number of benzene rings is 2. The molecule has 0 aliphatic heterocycles. The van der Waals surface area contributed by atoms with Crippen molar-refractivity contribution >= 4 is 29.2 Å². The van der Waals surface area contributed by atoms with Crippen molar-refractivity contribution in [1.29, 1.82) is 0 Å². The fraction of sp³-hybridized carbons (Fsp3) is 0.286. The van der Waals surface area contributed by atoms with Crippen LogP contribution in [0.25, 0.3) is 0 Å². The number of anilines is 2. The second-order valence-corrected chi connectivity index (χ2v) is 6.20. The van der Waals surface area contributed by atoms with Crippen LogP contribution in [0.15, 0.2) is 48.5 Å². The third kappa shape index (κ3) is 6.12. The Morgan fingerprint density at radius 3 is 2.11 bits per heavy atom. The van der Waals surface area contributed by atoms with E-state index in [9.17, 15) is 14.4 Å². The number of para-hydroxylation sites is 3. The maximum atomic E-state index is 12.3. The fourth-order valence-electron chi connectivity index (χ4n) is 2.44. The lowest BCUT2D eigenvalue weighted by molar-refractivity contribution is -0.123. The van der Waals surface area contributed by atoms with Crippen molar-refractivity contribution in [2.45, 2.75) is 33.3 Å². The summed E-state index contributed by atoms with van der Waals surface area (Å²) in [6, 6.07) is 13.5. The highest BCUT2D eigenvalue weighted by atomic mass is 16.5. The molecule has 0 saturated heterocycles. The summed E-state index contributed by atoms with van der Waals surface area (Å²) in [4.78, 5) is 36.5. The van der Waals surface area contributed by atoms with Gasteiger partial charge in [0, 0.05) is 0 Å². The number of ether oxygens (including phenoxy) is 2. The first-order valence-electron chi connectivity index (χ1n) is 9.02. The van der Waals surface area contributed by atoms with Crippen molar-refractivity contribution in [3.05, 3.63) is 54.1 Å². The molecule has 0 spiro atoms. The molecule has 2 aromatic rings. The van der Waals surface area contributed by atoms with Crippen LogP contribution < -0.4 is 15.4 Å². The first-order chi connectivity index (χ1) is 13.4. The average molecular weight is 384 g/mol. The Kier molecular flexibility index (Phi) is 7.56. The molecule has 2 rings (SSSR count). The highest BCUT2D eigenvalue weighted by molar-refractivity contribution is 6.10. The number of hydrogen-bond donors (Lipinski definition) is 2. The van der Waals surface area contributed by atoms with E-state index in [2.05, 4.69) is 10.6 Å². The van der Waals surface area contributed by atoms with Gasteiger partial charge in [0.15, 0.2) is 0 Å². The lowest BCUT2D eigenvalue weighted by atomic mass is 10.1. The molecule has 28 heavy (non-hydrogen) atoms. The fourth-order valence-corrected chi connectivity index (χ4v) is 2.44. The Morgan fingerprint density at radius 2 is 1.46 bits per heavy atom. The van der Waals surface area contributed by atoms with E-state index in [0.717, 1.165) is 0 Å². The number of rotatable bonds is 8. The van der Waals surface area contributed by atoms with Crippen LogP contribution in [0.2, 0.25) is 0 Å². The quantitative estimate of drug-likeness (QED) is 0.536. The smallest absolute Gasteiger partial charge is 0.340 e. The van der Waals surface area contributed by atoms with Gasteiger partial charge in [-0.1, -0.05) is 24.3 Å². The van der Waals surface area contributed by atoms with E-state index < -0.39 is 24.2 Å². The van der Waals surface area contributed by atoms with Crippen molar-refractivity contribution in [3.8, 4) is 5.75 Å². The van der Waals surface area contributed by atoms with E-state index in [1.165, 1.54) is 0 Å². The second kappa shape index (κ2) is 10.1. The number of esters is 1. The van der Waals surface area contributed by atoms with E-state index >= 15 is 0 Å². The zero-order valence-corrected chi connectivity index (χ0v) is 16.2. The van der Waals surface area contributed by atoms with Crippen LogP contribution in [0.4, 0.5) is 11.4 Å². The minimum Gasteiger partial charge on any atom is -0.489 e. The van der Waals surface area contributed by atoms with Crippen LogP contribution >= 0.6 is 0 Å². The van der Waals surface area contributed by atoms with Crippen LogP contribution in [-0.2, 0) is 14.3 Å². The molecule has 0 fully saturated rings. The van der Waals surface area contributed by atoms with Gasteiger partial charge in [0.05, 0.1) is 29.6 Å². The summed E-state index contributed by atoms with van der Waals surface area (Å²) in [7, 11) is 0. The lowest BCUT2D eigenvalue weighted by Crippen LogP contribution is -2.23. The van der Waals surface area contributed by atoms with E-state index in [1.54, 1.807) is 55.5 Å². The normalized spacial score (nSPS) is 10.3. The van der Waals surface area contributed by atoms with Crippen LogP contribution in [-0.4, -0.2) is 30.5 Å². The van der Waals surface area contributed by atoms with Crippen molar-refractivity contribution in [2.75, 3.05) is 17.2 Å². The molecule has 148 valence electrons. The van der Waals surface area contributed by atoms with Crippen LogP contribution in [0.1, 0.15) is 37.6 Å². The predicted octanol–water partition coefficient (Wildman–Crippen LogP) is 3.62. The highest BCUT2D eigenvalue weighted by Gasteiger charge is 2.17. The molecule has 0 atom stereocenters. The minimum absolute atomic E-state index is 0.0549.